The van der Waals surface area contributed by atoms with Crippen molar-refractivity contribution < 1.29 is 13.2 Å². The molecule has 0 aliphatic heterocycles. The minimum absolute atomic E-state index is 0.0442. The molecule has 0 fully saturated rings. The van der Waals surface area contributed by atoms with Crippen molar-refractivity contribution in [2.45, 2.75) is 64.3 Å². The van der Waals surface area contributed by atoms with Crippen molar-refractivity contribution in [1.82, 2.24) is 5.32 Å². The van der Waals surface area contributed by atoms with Crippen LogP contribution in [0.4, 0.5) is 5.69 Å². The van der Waals surface area contributed by atoms with Gasteiger partial charge in [-0.25, -0.2) is 8.42 Å². The summed E-state index contributed by atoms with van der Waals surface area (Å²) in [5, 5.41) is 2.98. The summed E-state index contributed by atoms with van der Waals surface area (Å²) in [5.41, 5.74) is 4.57. The summed E-state index contributed by atoms with van der Waals surface area (Å²) in [6.07, 6.45) is 0.647. The number of aryl methyl sites for hydroxylation is 2. The van der Waals surface area contributed by atoms with Gasteiger partial charge in [0.2, 0.25) is 5.91 Å². The van der Waals surface area contributed by atoms with E-state index in [1.165, 1.54) is 9.87 Å². The third-order valence-electron chi connectivity index (χ3n) is 6.19. The molecule has 0 saturated heterocycles. The van der Waals surface area contributed by atoms with Crippen LogP contribution in [0.2, 0.25) is 0 Å². The molecule has 1 atom stereocenters. The molecule has 3 aromatic carbocycles. The van der Waals surface area contributed by atoms with E-state index in [2.05, 4.69) is 38.2 Å². The summed E-state index contributed by atoms with van der Waals surface area (Å²) in [4.78, 5) is 13.3. The number of carbonyl (C=O) groups is 1. The summed E-state index contributed by atoms with van der Waals surface area (Å²) in [7, 11) is -3.95. The maximum Gasteiger partial charge on any atom is 0.264 e. The largest absolute Gasteiger partial charge is 0.348 e. The Labute approximate surface area is 210 Å². The number of amides is 1. The second-order valence-corrected chi connectivity index (χ2v) is 11.8. The fourth-order valence-electron chi connectivity index (χ4n) is 3.96. The van der Waals surface area contributed by atoms with E-state index >= 15 is 0 Å². The third-order valence-corrected chi connectivity index (χ3v) is 7.97. The lowest BCUT2D eigenvalue weighted by Crippen LogP contribution is -2.42. The van der Waals surface area contributed by atoms with Crippen LogP contribution in [0.3, 0.4) is 0 Å². The molecular weight excluding hydrogens is 456 g/mol. The molecule has 0 unspecified atom stereocenters. The number of hydrogen-bond donors (Lipinski definition) is 1. The Balaban J connectivity index is 1.89. The first-order valence-corrected chi connectivity index (χ1v) is 13.4. The molecule has 0 aliphatic carbocycles. The van der Waals surface area contributed by atoms with Crippen LogP contribution in [0.25, 0.3) is 0 Å². The summed E-state index contributed by atoms with van der Waals surface area (Å²) in [5.74, 6) is -0.362. The molecule has 0 bridgehead atoms. The van der Waals surface area contributed by atoms with Crippen molar-refractivity contribution in [2.24, 2.45) is 0 Å². The van der Waals surface area contributed by atoms with Crippen molar-refractivity contribution >= 4 is 21.6 Å². The molecule has 35 heavy (non-hydrogen) atoms. The standard InChI is InChI=1S/C29H36N2O3S/c1-7-23-10-8-9-11-27(23)31(35(33,34)26-18-12-21(2)13-19-26)20-28(32)30-22(3)24-14-16-25(17-15-24)29(4,5)6/h8-19,22H,7,20H2,1-6H3,(H,30,32)/t22-/m0/s1. The monoisotopic (exact) mass is 492 g/mol. The molecule has 0 spiro atoms. The normalized spacial score (nSPS) is 12.7. The minimum Gasteiger partial charge on any atom is -0.348 e. The van der Waals surface area contributed by atoms with E-state index in [0.29, 0.717) is 12.1 Å². The zero-order valence-corrected chi connectivity index (χ0v) is 22.3. The second kappa shape index (κ2) is 10.6. The van der Waals surface area contributed by atoms with Crippen molar-refractivity contribution in [3.8, 4) is 0 Å². The molecule has 0 aromatic heterocycles. The fraction of sp³-hybridized carbons (Fsp3) is 0.345. The van der Waals surface area contributed by atoms with Gasteiger partial charge in [-0.15, -0.1) is 0 Å². The number of sulfonamides is 1. The average Bonchev–Trinajstić information content (AvgIpc) is 2.82. The predicted octanol–water partition coefficient (Wildman–Crippen LogP) is 5.93. The van der Waals surface area contributed by atoms with Gasteiger partial charge in [0.05, 0.1) is 16.6 Å². The van der Waals surface area contributed by atoms with Gasteiger partial charge < -0.3 is 5.32 Å². The summed E-state index contributed by atoms with van der Waals surface area (Å²) >= 11 is 0. The van der Waals surface area contributed by atoms with Gasteiger partial charge in [0.25, 0.3) is 10.0 Å². The Hall–Kier alpha value is -3.12. The summed E-state index contributed by atoms with van der Waals surface area (Å²) in [6.45, 7) is 11.9. The van der Waals surface area contributed by atoms with Gasteiger partial charge >= 0.3 is 0 Å². The van der Waals surface area contributed by atoms with Gasteiger partial charge in [-0.1, -0.05) is 87.9 Å². The molecular formula is C29H36N2O3S. The third kappa shape index (κ3) is 6.31. The highest BCUT2D eigenvalue weighted by molar-refractivity contribution is 7.92. The Kier molecular flexibility index (Phi) is 8.06. The van der Waals surface area contributed by atoms with Crippen LogP contribution in [0.5, 0.6) is 0 Å². The van der Waals surface area contributed by atoms with E-state index in [9.17, 15) is 13.2 Å². The number of carbonyl (C=O) groups excluding carboxylic acids is 1. The van der Waals surface area contributed by atoms with E-state index < -0.39 is 10.0 Å². The molecule has 0 heterocycles. The number of benzene rings is 3. The van der Waals surface area contributed by atoms with Crippen molar-refractivity contribution in [3.63, 3.8) is 0 Å². The minimum atomic E-state index is -3.95. The summed E-state index contributed by atoms with van der Waals surface area (Å²) < 4.78 is 28.6. The lowest BCUT2D eigenvalue weighted by atomic mass is 9.86. The Morgan fingerprint density at radius 2 is 1.54 bits per heavy atom. The number of rotatable bonds is 8. The molecule has 1 amide bonds. The van der Waals surface area contributed by atoms with Gasteiger partial charge in [0.15, 0.2) is 0 Å². The number of nitrogens with one attached hydrogen (secondary N) is 1. The molecule has 0 aliphatic rings. The molecule has 0 radical (unpaired) electrons. The molecule has 1 N–H and O–H groups in total. The topological polar surface area (TPSA) is 66.5 Å². The maximum atomic E-state index is 13.7. The van der Waals surface area contributed by atoms with E-state index in [1.807, 2.05) is 45.0 Å². The van der Waals surface area contributed by atoms with E-state index in [1.54, 1.807) is 36.4 Å². The van der Waals surface area contributed by atoms with Crippen LogP contribution in [0, 0.1) is 6.92 Å². The van der Waals surface area contributed by atoms with Crippen LogP contribution in [0.15, 0.2) is 77.7 Å². The zero-order valence-electron chi connectivity index (χ0n) is 21.5. The van der Waals surface area contributed by atoms with Gasteiger partial charge in [-0.3, -0.25) is 9.10 Å². The van der Waals surface area contributed by atoms with E-state index in [-0.39, 0.29) is 28.8 Å². The van der Waals surface area contributed by atoms with E-state index in [4.69, 9.17) is 0 Å². The second-order valence-electron chi connectivity index (χ2n) is 9.97. The van der Waals surface area contributed by atoms with Gasteiger partial charge in [0.1, 0.15) is 6.54 Å². The van der Waals surface area contributed by atoms with Crippen molar-refractivity contribution in [1.29, 1.82) is 0 Å². The average molecular weight is 493 g/mol. The SMILES string of the molecule is CCc1ccccc1N(CC(=O)N[C@@H](C)c1ccc(C(C)(C)C)cc1)S(=O)(=O)c1ccc(C)cc1. The number of hydrogen-bond acceptors (Lipinski definition) is 3. The molecule has 186 valence electrons. The van der Waals surface area contributed by atoms with Crippen LogP contribution in [-0.2, 0) is 26.7 Å². The van der Waals surface area contributed by atoms with Crippen LogP contribution < -0.4 is 9.62 Å². The van der Waals surface area contributed by atoms with Crippen molar-refractivity contribution in [2.75, 3.05) is 10.8 Å². The molecule has 5 nitrogen and oxygen atoms in total. The highest BCUT2D eigenvalue weighted by Gasteiger charge is 2.29. The van der Waals surface area contributed by atoms with Gasteiger partial charge in [-0.2, -0.15) is 0 Å². The van der Waals surface area contributed by atoms with Crippen LogP contribution in [0.1, 0.15) is 62.9 Å². The molecule has 3 rings (SSSR count). The highest BCUT2D eigenvalue weighted by atomic mass is 32.2. The smallest absolute Gasteiger partial charge is 0.264 e. The van der Waals surface area contributed by atoms with E-state index in [0.717, 1.165) is 16.7 Å². The molecule has 6 heteroatoms. The first-order chi connectivity index (χ1) is 16.4. The quantitative estimate of drug-likeness (QED) is 0.424. The van der Waals surface area contributed by atoms with Gasteiger partial charge in [-0.05, 0) is 60.6 Å². The Bertz CT molecular complexity index is 1260. The first kappa shape index (κ1) is 26.5. The summed E-state index contributed by atoms with van der Waals surface area (Å²) in [6, 6.07) is 21.9. The number of anilines is 1. The highest BCUT2D eigenvalue weighted by Crippen LogP contribution is 2.28. The molecule has 0 saturated carbocycles. The number of nitrogens with zero attached hydrogens (tertiary/aromatic N) is 1. The van der Waals surface area contributed by atoms with Crippen molar-refractivity contribution in [3.05, 3.63) is 95.1 Å². The van der Waals surface area contributed by atoms with Gasteiger partial charge in [0, 0.05) is 0 Å². The van der Waals surface area contributed by atoms with Crippen LogP contribution >= 0.6 is 0 Å². The molecule has 3 aromatic rings. The lowest BCUT2D eigenvalue weighted by molar-refractivity contribution is -0.120. The van der Waals surface area contributed by atoms with Crippen LogP contribution in [-0.4, -0.2) is 20.9 Å². The maximum absolute atomic E-state index is 13.7. The Morgan fingerprint density at radius 1 is 0.943 bits per heavy atom. The fourth-order valence-corrected chi connectivity index (χ4v) is 5.42. The zero-order chi connectivity index (χ0) is 25.8. The number of para-hydroxylation sites is 1. The predicted molar refractivity (Wildman–Crippen MR) is 143 cm³/mol. The Morgan fingerprint density at radius 3 is 2.11 bits per heavy atom. The first-order valence-electron chi connectivity index (χ1n) is 12.0. The lowest BCUT2D eigenvalue weighted by Gasteiger charge is -2.27.